The lowest BCUT2D eigenvalue weighted by atomic mass is 9.65. The van der Waals surface area contributed by atoms with Gasteiger partial charge in [-0.25, -0.2) is 0 Å². The predicted octanol–water partition coefficient (Wildman–Crippen LogP) is 3.49. The van der Waals surface area contributed by atoms with E-state index in [1.807, 2.05) is 0 Å². The zero-order chi connectivity index (χ0) is 7.64. The topological polar surface area (TPSA) is 0 Å². The van der Waals surface area contributed by atoms with Crippen molar-refractivity contribution in [1.29, 1.82) is 0 Å². The molecule has 0 radical (unpaired) electrons. The zero-order valence-corrected chi connectivity index (χ0v) is 9.15. The molecule has 2 fully saturated rings. The summed E-state index contributed by atoms with van der Waals surface area (Å²) in [7, 11) is 0. The molecule has 0 N–H and O–H groups in total. The zero-order valence-electron chi connectivity index (χ0n) is 6.24. The van der Waals surface area contributed by atoms with Crippen LogP contribution in [-0.2, 0) is 0 Å². The van der Waals surface area contributed by atoms with Crippen LogP contribution in [0.2, 0.25) is 0 Å². The molecule has 2 heteroatoms. The van der Waals surface area contributed by atoms with Crippen LogP contribution in [0, 0.1) is 11.8 Å². The van der Waals surface area contributed by atoms with Crippen molar-refractivity contribution in [3.8, 4) is 0 Å². The van der Waals surface area contributed by atoms with Gasteiger partial charge in [0.05, 0.1) is 4.87 Å². The number of rotatable bonds is 0. The molecule has 0 nitrogen and oxygen atoms in total. The highest BCUT2D eigenvalue weighted by molar-refractivity contribution is 14.1. The Labute approximate surface area is 85.5 Å². The van der Waals surface area contributed by atoms with Crippen LogP contribution >= 0.6 is 34.2 Å². The van der Waals surface area contributed by atoms with E-state index in [1.165, 1.54) is 25.7 Å². The van der Waals surface area contributed by atoms with Gasteiger partial charge in [-0.1, -0.05) is 12.0 Å². The Bertz CT molecular complexity index is 258. The van der Waals surface area contributed by atoms with E-state index in [-0.39, 0.29) is 4.87 Å². The molecule has 4 rings (SSSR count). The van der Waals surface area contributed by atoms with Gasteiger partial charge >= 0.3 is 0 Å². The SMILES string of the molecule is ClC12CC3=C(I)C1CCCC32. The fourth-order valence-corrected chi connectivity index (χ4v) is 5.28. The van der Waals surface area contributed by atoms with Crippen LogP contribution in [0.3, 0.4) is 0 Å². The number of alkyl halides is 1. The Kier molecular flexibility index (Phi) is 1.29. The first-order chi connectivity index (χ1) is 5.23. The second kappa shape index (κ2) is 1.98. The maximum Gasteiger partial charge on any atom is 0.0622 e. The molecule has 2 saturated carbocycles. The highest BCUT2D eigenvalue weighted by atomic mass is 127. The smallest absolute Gasteiger partial charge is 0.0622 e. The fraction of sp³-hybridized carbons (Fsp3) is 0.778. The number of allylic oxidation sites excluding steroid dienone is 2. The van der Waals surface area contributed by atoms with Crippen LogP contribution < -0.4 is 0 Å². The molecule has 4 aliphatic rings. The number of hydrogen-bond donors (Lipinski definition) is 0. The summed E-state index contributed by atoms with van der Waals surface area (Å²) in [5, 5.41) is 0. The third kappa shape index (κ3) is 0.646. The summed E-state index contributed by atoms with van der Waals surface area (Å²) in [6.45, 7) is 0. The summed E-state index contributed by atoms with van der Waals surface area (Å²) in [6, 6.07) is 0. The Morgan fingerprint density at radius 2 is 2.09 bits per heavy atom. The van der Waals surface area contributed by atoms with E-state index in [4.69, 9.17) is 11.6 Å². The highest BCUT2D eigenvalue weighted by Crippen LogP contribution is 2.69. The first kappa shape index (κ1) is 7.19. The maximum atomic E-state index is 6.55. The van der Waals surface area contributed by atoms with Crippen LogP contribution in [0.5, 0.6) is 0 Å². The van der Waals surface area contributed by atoms with Crippen molar-refractivity contribution in [2.45, 2.75) is 30.6 Å². The molecule has 11 heavy (non-hydrogen) atoms. The molecule has 0 aliphatic heterocycles. The van der Waals surface area contributed by atoms with E-state index < -0.39 is 0 Å². The lowest BCUT2D eigenvalue weighted by Crippen LogP contribution is -2.45. The third-order valence-electron chi connectivity index (χ3n) is 3.64. The van der Waals surface area contributed by atoms with Gasteiger partial charge in [-0.05, 0) is 45.4 Å². The van der Waals surface area contributed by atoms with Gasteiger partial charge in [0.15, 0.2) is 0 Å². The van der Waals surface area contributed by atoms with Crippen LogP contribution in [-0.4, -0.2) is 4.87 Å². The molecule has 0 aromatic heterocycles. The highest BCUT2D eigenvalue weighted by Gasteiger charge is 2.62. The summed E-state index contributed by atoms with van der Waals surface area (Å²) < 4.78 is 1.63. The first-order valence-electron chi connectivity index (χ1n) is 4.31. The maximum absolute atomic E-state index is 6.55. The lowest BCUT2D eigenvalue weighted by Gasteiger charge is -2.47. The minimum absolute atomic E-state index is 0.212. The van der Waals surface area contributed by atoms with Crippen LogP contribution in [0.1, 0.15) is 25.7 Å². The molecule has 60 valence electrons. The molecular formula is C9H10ClI. The molecule has 0 aromatic carbocycles. The first-order valence-corrected chi connectivity index (χ1v) is 5.76. The molecule has 4 aliphatic carbocycles. The largest absolute Gasteiger partial charge is 0.118 e. The van der Waals surface area contributed by atoms with E-state index in [0.717, 1.165) is 11.8 Å². The summed E-state index contributed by atoms with van der Waals surface area (Å²) in [5.74, 6) is 1.54. The molecular weight excluding hydrogens is 270 g/mol. The van der Waals surface area contributed by atoms with Crippen molar-refractivity contribution in [3.63, 3.8) is 0 Å². The Morgan fingerprint density at radius 1 is 1.36 bits per heavy atom. The predicted molar refractivity (Wildman–Crippen MR) is 55.1 cm³/mol. The van der Waals surface area contributed by atoms with Gasteiger partial charge in [0.1, 0.15) is 0 Å². The molecule has 4 bridgehead atoms. The van der Waals surface area contributed by atoms with Gasteiger partial charge in [0.2, 0.25) is 0 Å². The van der Waals surface area contributed by atoms with E-state index in [1.54, 1.807) is 9.15 Å². The van der Waals surface area contributed by atoms with E-state index in [0.29, 0.717) is 0 Å². The second-order valence-corrected chi connectivity index (χ2v) is 5.88. The summed E-state index contributed by atoms with van der Waals surface area (Å²) >= 11 is 9.07. The molecule has 0 spiro atoms. The van der Waals surface area contributed by atoms with Gasteiger partial charge in [-0.15, -0.1) is 11.6 Å². The standard InChI is InChI=1S/C9H10ClI/c10-9-4-5-6(9)2-1-3-7(9)8(5)11/h6-7H,1-4H2. The second-order valence-electron chi connectivity index (χ2n) is 4.01. The van der Waals surface area contributed by atoms with Crippen LogP contribution in [0.15, 0.2) is 9.15 Å². The molecule has 0 heterocycles. The molecule has 3 unspecified atom stereocenters. The van der Waals surface area contributed by atoms with E-state index in [9.17, 15) is 0 Å². The third-order valence-corrected chi connectivity index (χ3v) is 5.74. The Morgan fingerprint density at radius 3 is 2.73 bits per heavy atom. The average molecular weight is 281 g/mol. The van der Waals surface area contributed by atoms with Crippen LogP contribution in [0.4, 0.5) is 0 Å². The Balaban J connectivity index is 2.12. The number of halogens is 2. The van der Waals surface area contributed by atoms with Crippen molar-refractivity contribution < 1.29 is 0 Å². The normalized spacial score (nSPS) is 52.9. The van der Waals surface area contributed by atoms with Crippen LogP contribution in [0.25, 0.3) is 0 Å². The van der Waals surface area contributed by atoms with Gasteiger partial charge in [0, 0.05) is 11.8 Å². The average Bonchev–Trinajstić information content (AvgIpc) is 2.20. The van der Waals surface area contributed by atoms with Crippen molar-refractivity contribution in [2.24, 2.45) is 11.8 Å². The molecule has 0 saturated heterocycles. The van der Waals surface area contributed by atoms with Gasteiger partial charge in [0.25, 0.3) is 0 Å². The van der Waals surface area contributed by atoms with Gasteiger partial charge in [-0.3, -0.25) is 0 Å². The Hall–Kier alpha value is 0.760. The van der Waals surface area contributed by atoms with E-state index in [2.05, 4.69) is 22.6 Å². The minimum Gasteiger partial charge on any atom is -0.118 e. The molecule has 3 atom stereocenters. The quantitative estimate of drug-likeness (QED) is 0.471. The van der Waals surface area contributed by atoms with Gasteiger partial charge in [-0.2, -0.15) is 0 Å². The minimum atomic E-state index is 0.212. The summed E-state index contributed by atoms with van der Waals surface area (Å²) in [5.41, 5.74) is 1.71. The van der Waals surface area contributed by atoms with Crippen molar-refractivity contribution in [1.82, 2.24) is 0 Å². The molecule has 0 aromatic rings. The lowest BCUT2D eigenvalue weighted by molar-refractivity contribution is 0.215. The van der Waals surface area contributed by atoms with Crippen molar-refractivity contribution in [3.05, 3.63) is 9.15 Å². The molecule has 0 amide bonds. The van der Waals surface area contributed by atoms with Crippen molar-refractivity contribution in [2.75, 3.05) is 0 Å². The van der Waals surface area contributed by atoms with Gasteiger partial charge < -0.3 is 0 Å². The van der Waals surface area contributed by atoms with E-state index >= 15 is 0 Å². The fourth-order valence-electron chi connectivity index (χ4n) is 3.06. The monoisotopic (exact) mass is 280 g/mol. The summed E-state index contributed by atoms with van der Waals surface area (Å²) in [6.07, 6.45) is 5.32. The summed E-state index contributed by atoms with van der Waals surface area (Å²) in [4.78, 5) is 0.212. The van der Waals surface area contributed by atoms with Crippen molar-refractivity contribution >= 4 is 34.2 Å². The number of hydrogen-bond acceptors (Lipinski definition) is 0.